The van der Waals surface area contributed by atoms with E-state index in [1.165, 1.54) is 0 Å². The van der Waals surface area contributed by atoms with Crippen LogP contribution < -0.4 is 5.32 Å². The van der Waals surface area contributed by atoms with Gasteiger partial charge >= 0.3 is 0 Å². The summed E-state index contributed by atoms with van der Waals surface area (Å²) in [7, 11) is 0. The van der Waals surface area contributed by atoms with Crippen molar-refractivity contribution in [3.05, 3.63) is 82.6 Å². The summed E-state index contributed by atoms with van der Waals surface area (Å²) >= 11 is 0. The number of aryl methyl sites for hydroxylation is 3. The van der Waals surface area contributed by atoms with Crippen LogP contribution >= 0.6 is 0 Å². The van der Waals surface area contributed by atoms with Gasteiger partial charge in [-0.15, -0.1) is 0 Å². The van der Waals surface area contributed by atoms with Gasteiger partial charge in [0, 0.05) is 71.1 Å². The van der Waals surface area contributed by atoms with Crippen LogP contribution in [-0.2, 0) is 11.2 Å². The van der Waals surface area contributed by atoms with Crippen molar-refractivity contribution in [2.75, 3.05) is 13.1 Å². The second-order valence-corrected chi connectivity index (χ2v) is 14.2. The summed E-state index contributed by atoms with van der Waals surface area (Å²) in [6.45, 7) is 13.8. The van der Waals surface area contributed by atoms with Crippen molar-refractivity contribution in [2.24, 2.45) is 5.92 Å². The number of nitriles is 1. The van der Waals surface area contributed by atoms with Crippen LogP contribution in [0.5, 0.6) is 0 Å². The number of fused-ring (bicyclic) bond motifs is 3. The number of nitrogens with zero attached hydrogens (tertiary/aromatic N) is 5. The van der Waals surface area contributed by atoms with Gasteiger partial charge in [-0.2, -0.15) is 5.26 Å². The minimum absolute atomic E-state index is 0.0684. The van der Waals surface area contributed by atoms with Crippen molar-refractivity contribution in [3.8, 4) is 28.5 Å². The fourth-order valence-corrected chi connectivity index (χ4v) is 8.60. The van der Waals surface area contributed by atoms with Gasteiger partial charge in [0.05, 0.1) is 28.9 Å². The number of nitrogens with one attached hydrogen (secondary N) is 1. The first kappa shape index (κ1) is 32.9. The number of hydrogen-bond acceptors (Lipinski definition) is 5. The van der Waals surface area contributed by atoms with Gasteiger partial charge in [-0.25, -0.2) is 9.37 Å². The zero-order chi connectivity index (χ0) is 34.6. The van der Waals surface area contributed by atoms with Crippen molar-refractivity contribution in [3.63, 3.8) is 0 Å². The average Bonchev–Trinajstić information content (AvgIpc) is 3.80. The molecule has 2 fully saturated rings. The summed E-state index contributed by atoms with van der Waals surface area (Å²) in [5.41, 5.74) is 7.97. The molecule has 252 valence electrons. The highest BCUT2D eigenvalue weighted by molar-refractivity contribution is 6.11. The van der Waals surface area contributed by atoms with E-state index in [2.05, 4.69) is 53.8 Å². The summed E-state index contributed by atoms with van der Waals surface area (Å²) in [6, 6.07) is 16.6. The lowest BCUT2D eigenvalue weighted by Crippen LogP contribution is -2.32. The molecule has 8 heteroatoms. The Morgan fingerprint density at radius 1 is 1.14 bits per heavy atom. The lowest BCUT2D eigenvalue weighted by atomic mass is 9.90. The molecule has 1 N–H and O–H groups in total. The fourth-order valence-electron chi connectivity index (χ4n) is 8.60. The molecule has 0 saturated carbocycles. The van der Waals surface area contributed by atoms with Crippen LogP contribution in [0, 0.1) is 36.9 Å². The third kappa shape index (κ3) is 5.49. The van der Waals surface area contributed by atoms with E-state index in [0.29, 0.717) is 28.3 Å². The predicted octanol–water partition coefficient (Wildman–Crippen LogP) is 8.74. The molecule has 5 aromatic rings. The molecular formula is C41H45FN6O. The molecule has 7 nitrogen and oxygen atoms in total. The number of benzene rings is 2. The number of amides is 1. The topological polar surface area (TPSA) is 86.8 Å². The maximum absolute atomic E-state index is 17.5. The second kappa shape index (κ2) is 13.0. The van der Waals surface area contributed by atoms with Gasteiger partial charge in [0.1, 0.15) is 11.6 Å². The molecule has 5 heterocycles. The number of aromatic nitrogens is 3. The van der Waals surface area contributed by atoms with Gasteiger partial charge in [0.15, 0.2) is 5.82 Å². The van der Waals surface area contributed by atoms with Crippen LogP contribution in [0.2, 0.25) is 0 Å². The van der Waals surface area contributed by atoms with Gasteiger partial charge < -0.3 is 14.8 Å². The Balaban J connectivity index is 1.61. The number of hydrogen-bond donors (Lipinski definition) is 1. The molecular weight excluding hydrogens is 611 g/mol. The summed E-state index contributed by atoms with van der Waals surface area (Å²) in [5.74, 6) is -0.0428. The van der Waals surface area contributed by atoms with Crippen LogP contribution in [-0.4, -0.2) is 44.5 Å². The van der Waals surface area contributed by atoms with Crippen molar-refractivity contribution in [1.82, 2.24) is 24.8 Å². The molecule has 0 spiro atoms. The number of carbonyl (C=O) groups excluding carboxylic acids is 1. The fraction of sp³-hybridized carbons (Fsp3) is 0.415. The number of carbonyl (C=O) groups is 1. The van der Waals surface area contributed by atoms with E-state index in [-0.39, 0.29) is 29.5 Å². The third-order valence-electron chi connectivity index (χ3n) is 10.9. The Hall–Kier alpha value is -4.61. The van der Waals surface area contributed by atoms with Crippen LogP contribution in [0.4, 0.5) is 4.39 Å². The van der Waals surface area contributed by atoms with Crippen LogP contribution in [0.25, 0.3) is 44.2 Å². The summed E-state index contributed by atoms with van der Waals surface area (Å²) in [5, 5.41) is 15.7. The van der Waals surface area contributed by atoms with Gasteiger partial charge in [-0.3, -0.25) is 9.78 Å². The van der Waals surface area contributed by atoms with E-state index >= 15 is 4.39 Å². The lowest BCUT2D eigenvalue weighted by Gasteiger charge is -2.31. The molecule has 0 bridgehead atoms. The van der Waals surface area contributed by atoms with E-state index in [1.54, 1.807) is 13.1 Å². The van der Waals surface area contributed by atoms with Gasteiger partial charge in [0.2, 0.25) is 5.91 Å². The lowest BCUT2D eigenvalue weighted by molar-refractivity contribution is -0.129. The Labute approximate surface area is 288 Å². The van der Waals surface area contributed by atoms with E-state index in [0.717, 1.165) is 89.6 Å². The number of halogens is 1. The monoisotopic (exact) mass is 656 g/mol. The molecule has 2 aliphatic heterocycles. The average molecular weight is 657 g/mol. The normalized spacial score (nSPS) is 20.8. The van der Waals surface area contributed by atoms with Gasteiger partial charge in [-0.1, -0.05) is 38.5 Å². The molecule has 1 amide bonds. The van der Waals surface area contributed by atoms with Crippen molar-refractivity contribution >= 4 is 27.7 Å². The predicted molar refractivity (Wildman–Crippen MR) is 194 cm³/mol. The molecule has 49 heavy (non-hydrogen) atoms. The third-order valence-corrected chi connectivity index (χ3v) is 10.9. The van der Waals surface area contributed by atoms with Crippen LogP contribution in [0.15, 0.2) is 48.7 Å². The SMILES string of the molecule is CCCCc1cccc(-c2c(C)cc3c(nc(-c4ccnc(C)c4)c4cc([C@H]5CCCN5C(C)=O)n([C@H]5[C@H](C)CN[C@@H]5C)c43)c2F)c1C#N. The van der Waals surface area contributed by atoms with Crippen molar-refractivity contribution in [1.29, 1.82) is 5.26 Å². The number of pyridine rings is 2. The molecule has 0 aliphatic carbocycles. The minimum atomic E-state index is -0.417. The standard InChI is InChI=1S/C41H45FN6O/c1-7-8-11-28-12-9-13-30(33(28)21-43)36-23(2)18-31-39(37(36)42)46-38(29-15-16-44-25(4)19-29)32-20-35(34-14-10-17-47(34)27(6)49)48(41(31)32)40-24(3)22-45-26(40)5/h9,12-13,15-16,18-20,24,26,34,40,45H,7-8,10-11,14,17,22H2,1-6H3/t24-,26-,34-,40+/m1/s1. The minimum Gasteiger partial charge on any atom is -0.337 e. The summed E-state index contributed by atoms with van der Waals surface area (Å²) in [6.07, 6.45) is 6.32. The van der Waals surface area contributed by atoms with E-state index in [4.69, 9.17) is 4.98 Å². The zero-order valence-electron chi connectivity index (χ0n) is 29.4. The Bertz CT molecular complexity index is 2130. The molecule has 7 rings (SSSR count). The van der Waals surface area contributed by atoms with E-state index in [1.807, 2.05) is 49.1 Å². The molecule has 0 unspecified atom stereocenters. The highest BCUT2D eigenvalue weighted by atomic mass is 19.1. The largest absolute Gasteiger partial charge is 0.337 e. The number of unbranched alkanes of at least 4 members (excludes halogenated alkanes) is 1. The van der Waals surface area contributed by atoms with Crippen molar-refractivity contribution in [2.45, 2.75) is 91.8 Å². The van der Waals surface area contributed by atoms with E-state index in [9.17, 15) is 10.1 Å². The highest BCUT2D eigenvalue weighted by Crippen LogP contribution is 2.46. The molecule has 2 aromatic carbocycles. The quantitative estimate of drug-likeness (QED) is 0.189. The van der Waals surface area contributed by atoms with Crippen LogP contribution in [0.3, 0.4) is 0 Å². The number of rotatable bonds is 7. The molecule has 3 aromatic heterocycles. The van der Waals surface area contributed by atoms with Crippen LogP contribution in [0.1, 0.15) is 93.5 Å². The number of likely N-dealkylation sites (tertiary alicyclic amines) is 1. The Morgan fingerprint density at radius 2 is 1.96 bits per heavy atom. The smallest absolute Gasteiger partial charge is 0.220 e. The Kier molecular flexibility index (Phi) is 8.74. The first-order valence-electron chi connectivity index (χ1n) is 17.8. The maximum Gasteiger partial charge on any atom is 0.220 e. The maximum atomic E-state index is 17.5. The van der Waals surface area contributed by atoms with Gasteiger partial charge in [-0.05, 0) is 87.8 Å². The summed E-state index contributed by atoms with van der Waals surface area (Å²) in [4.78, 5) is 24.6. The van der Waals surface area contributed by atoms with E-state index < -0.39 is 5.82 Å². The second-order valence-electron chi connectivity index (χ2n) is 14.2. The summed E-state index contributed by atoms with van der Waals surface area (Å²) < 4.78 is 19.9. The first-order chi connectivity index (χ1) is 23.6. The first-order valence-corrected chi connectivity index (χ1v) is 17.8. The molecule has 0 radical (unpaired) electrons. The molecule has 2 saturated heterocycles. The Morgan fingerprint density at radius 3 is 2.65 bits per heavy atom. The highest BCUT2D eigenvalue weighted by Gasteiger charge is 2.39. The van der Waals surface area contributed by atoms with Crippen molar-refractivity contribution < 1.29 is 9.18 Å². The zero-order valence-corrected chi connectivity index (χ0v) is 29.4. The molecule has 4 atom stereocenters. The molecule has 2 aliphatic rings. The van der Waals surface area contributed by atoms with Gasteiger partial charge in [0.25, 0.3) is 0 Å².